The maximum absolute atomic E-state index is 12.8. The average molecular weight is 395 g/mol. The van der Waals surface area contributed by atoms with E-state index in [0.717, 1.165) is 16.0 Å². The Kier molecular flexibility index (Phi) is 5.63. The molecule has 150 valence electrons. The minimum absolute atomic E-state index is 0.162. The van der Waals surface area contributed by atoms with Crippen molar-refractivity contribution in [3.63, 3.8) is 0 Å². The summed E-state index contributed by atoms with van der Waals surface area (Å²) in [7, 11) is 0. The van der Waals surface area contributed by atoms with Gasteiger partial charge in [-0.05, 0) is 44.0 Å². The van der Waals surface area contributed by atoms with Gasteiger partial charge in [0.05, 0.1) is 12.3 Å². The second-order valence-corrected chi connectivity index (χ2v) is 6.53. The van der Waals surface area contributed by atoms with Crippen LogP contribution in [0.4, 0.5) is 16.2 Å². The highest BCUT2D eigenvalue weighted by atomic mass is 16.5. The largest absolute Gasteiger partial charge is 0.492 e. The summed E-state index contributed by atoms with van der Waals surface area (Å²) in [5.74, 6) is -2.36. The van der Waals surface area contributed by atoms with Crippen molar-refractivity contribution in [1.82, 2.24) is 4.90 Å². The molecule has 0 spiro atoms. The first-order valence-electron chi connectivity index (χ1n) is 9.13. The van der Waals surface area contributed by atoms with Gasteiger partial charge in [-0.25, -0.2) is 14.6 Å². The molecule has 1 aliphatic heterocycles. The molecule has 2 aromatic rings. The Labute approximate surface area is 168 Å². The first kappa shape index (κ1) is 20.1. The summed E-state index contributed by atoms with van der Waals surface area (Å²) in [4.78, 5) is 51.5. The zero-order chi connectivity index (χ0) is 21.1. The minimum atomic E-state index is -1.06. The van der Waals surface area contributed by atoms with Gasteiger partial charge >= 0.3 is 17.8 Å². The van der Waals surface area contributed by atoms with Crippen LogP contribution in [0.2, 0.25) is 0 Å². The second kappa shape index (κ2) is 8.14. The monoisotopic (exact) mass is 395 g/mol. The third kappa shape index (κ3) is 3.82. The van der Waals surface area contributed by atoms with E-state index < -0.39 is 30.3 Å². The van der Waals surface area contributed by atoms with Crippen LogP contribution in [-0.2, 0) is 14.4 Å². The van der Waals surface area contributed by atoms with Crippen LogP contribution in [0.15, 0.2) is 42.5 Å². The van der Waals surface area contributed by atoms with Crippen molar-refractivity contribution in [3.05, 3.63) is 53.6 Å². The van der Waals surface area contributed by atoms with E-state index >= 15 is 0 Å². The van der Waals surface area contributed by atoms with Crippen molar-refractivity contribution in [3.8, 4) is 5.75 Å². The number of anilines is 2. The van der Waals surface area contributed by atoms with Gasteiger partial charge in [-0.1, -0.05) is 30.3 Å². The number of imide groups is 2. The number of nitrogens with one attached hydrogen (secondary N) is 1. The van der Waals surface area contributed by atoms with Crippen molar-refractivity contribution >= 4 is 35.1 Å². The molecule has 1 N–H and O–H groups in total. The third-order valence-corrected chi connectivity index (χ3v) is 4.51. The van der Waals surface area contributed by atoms with E-state index in [-0.39, 0.29) is 5.69 Å². The molecular formula is C21H21N3O5. The zero-order valence-electron chi connectivity index (χ0n) is 16.4. The molecule has 0 radical (unpaired) electrons. The summed E-state index contributed by atoms with van der Waals surface area (Å²) in [5.41, 5.74) is 2.47. The number of hydrogen-bond acceptors (Lipinski definition) is 5. The number of urea groups is 1. The molecule has 1 fully saturated rings. The Morgan fingerprint density at radius 1 is 0.966 bits per heavy atom. The van der Waals surface area contributed by atoms with E-state index in [0.29, 0.717) is 22.9 Å². The smallest absolute Gasteiger partial charge is 0.339 e. The fourth-order valence-corrected chi connectivity index (χ4v) is 3.11. The van der Waals surface area contributed by atoms with Gasteiger partial charge in [-0.15, -0.1) is 0 Å². The molecule has 5 amide bonds. The maximum atomic E-state index is 12.8. The van der Waals surface area contributed by atoms with Crippen molar-refractivity contribution < 1.29 is 23.9 Å². The maximum Gasteiger partial charge on any atom is 0.339 e. The molecule has 0 saturated carbocycles. The van der Waals surface area contributed by atoms with Gasteiger partial charge in [0, 0.05) is 5.69 Å². The molecule has 1 heterocycles. The van der Waals surface area contributed by atoms with E-state index in [9.17, 15) is 19.2 Å². The summed E-state index contributed by atoms with van der Waals surface area (Å²) in [5, 5.41) is 2.71. The number of hydrogen-bond donors (Lipinski definition) is 1. The molecule has 0 atom stereocenters. The molecule has 8 heteroatoms. The van der Waals surface area contributed by atoms with Crippen LogP contribution in [0.3, 0.4) is 0 Å². The van der Waals surface area contributed by atoms with Crippen LogP contribution >= 0.6 is 0 Å². The number of aryl methyl sites for hydroxylation is 2. The summed E-state index contributed by atoms with van der Waals surface area (Å²) in [6.45, 7) is 5.20. The van der Waals surface area contributed by atoms with Crippen LogP contribution in [0.5, 0.6) is 5.75 Å². The Bertz CT molecular complexity index is 981. The number of amides is 5. The van der Waals surface area contributed by atoms with Crippen molar-refractivity contribution in [2.24, 2.45) is 0 Å². The summed E-state index contributed by atoms with van der Waals surface area (Å²) in [6.07, 6.45) is 0. The Morgan fingerprint density at radius 3 is 2.28 bits per heavy atom. The van der Waals surface area contributed by atoms with E-state index in [1.807, 2.05) is 32.0 Å². The summed E-state index contributed by atoms with van der Waals surface area (Å²) in [6, 6.07) is 11.1. The SMILES string of the molecule is CCOc1ccccc1N1C(=O)C(=O)N(CC(=O)Nc2c(C)cccc2C)C1=O. The van der Waals surface area contributed by atoms with Gasteiger partial charge < -0.3 is 10.1 Å². The van der Waals surface area contributed by atoms with Crippen LogP contribution in [0.1, 0.15) is 18.1 Å². The lowest BCUT2D eigenvalue weighted by Crippen LogP contribution is -2.39. The zero-order valence-corrected chi connectivity index (χ0v) is 16.4. The molecule has 0 bridgehead atoms. The minimum Gasteiger partial charge on any atom is -0.492 e. The quantitative estimate of drug-likeness (QED) is 0.599. The first-order valence-corrected chi connectivity index (χ1v) is 9.13. The fourth-order valence-electron chi connectivity index (χ4n) is 3.11. The molecule has 0 unspecified atom stereocenters. The Morgan fingerprint density at radius 2 is 1.62 bits per heavy atom. The van der Waals surface area contributed by atoms with Gasteiger partial charge in [-0.2, -0.15) is 0 Å². The predicted octanol–water partition coefficient (Wildman–Crippen LogP) is 2.64. The molecular weight excluding hydrogens is 374 g/mol. The lowest BCUT2D eigenvalue weighted by Gasteiger charge is -2.18. The van der Waals surface area contributed by atoms with Crippen LogP contribution in [0.25, 0.3) is 0 Å². The van der Waals surface area contributed by atoms with E-state index in [1.54, 1.807) is 25.1 Å². The average Bonchev–Trinajstić information content (AvgIpc) is 2.89. The van der Waals surface area contributed by atoms with Crippen LogP contribution in [-0.4, -0.2) is 41.8 Å². The van der Waals surface area contributed by atoms with E-state index in [2.05, 4.69) is 5.32 Å². The first-order chi connectivity index (χ1) is 13.8. The molecule has 1 saturated heterocycles. The molecule has 0 aliphatic carbocycles. The lowest BCUT2D eigenvalue weighted by atomic mass is 10.1. The highest BCUT2D eigenvalue weighted by molar-refractivity contribution is 6.53. The highest BCUT2D eigenvalue weighted by Gasteiger charge is 2.47. The topological polar surface area (TPSA) is 96.0 Å². The lowest BCUT2D eigenvalue weighted by molar-refractivity contribution is -0.140. The van der Waals surface area contributed by atoms with Crippen molar-refractivity contribution in [2.45, 2.75) is 20.8 Å². The van der Waals surface area contributed by atoms with Crippen molar-refractivity contribution in [2.75, 3.05) is 23.4 Å². The fraction of sp³-hybridized carbons (Fsp3) is 0.238. The Balaban J connectivity index is 1.81. The second-order valence-electron chi connectivity index (χ2n) is 6.53. The number of nitrogens with zero attached hydrogens (tertiary/aromatic N) is 2. The number of carbonyl (C=O) groups is 4. The number of para-hydroxylation sites is 3. The third-order valence-electron chi connectivity index (χ3n) is 4.51. The molecule has 0 aromatic heterocycles. The van der Waals surface area contributed by atoms with Gasteiger partial charge in [0.25, 0.3) is 0 Å². The summed E-state index contributed by atoms with van der Waals surface area (Å²) >= 11 is 0. The Hall–Kier alpha value is -3.68. The van der Waals surface area contributed by atoms with Gasteiger partial charge in [-0.3, -0.25) is 14.4 Å². The number of carbonyl (C=O) groups excluding carboxylic acids is 4. The number of benzene rings is 2. The molecule has 3 rings (SSSR count). The number of rotatable bonds is 6. The number of ether oxygens (including phenoxy) is 1. The van der Waals surface area contributed by atoms with Crippen LogP contribution < -0.4 is 15.0 Å². The normalized spacial score (nSPS) is 13.8. The standard InChI is InChI=1S/C21H21N3O5/c1-4-29-16-11-6-5-10-15(16)24-20(27)19(26)23(21(24)28)12-17(25)22-18-13(2)8-7-9-14(18)3/h5-11H,4,12H2,1-3H3,(H,22,25). The summed E-state index contributed by atoms with van der Waals surface area (Å²) < 4.78 is 5.45. The van der Waals surface area contributed by atoms with Gasteiger partial charge in [0.2, 0.25) is 5.91 Å². The van der Waals surface area contributed by atoms with E-state index in [1.165, 1.54) is 6.07 Å². The molecule has 8 nitrogen and oxygen atoms in total. The van der Waals surface area contributed by atoms with Crippen LogP contribution in [0, 0.1) is 13.8 Å². The van der Waals surface area contributed by atoms with Gasteiger partial charge in [0.15, 0.2) is 0 Å². The molecule has 2 aromatic carbocycles. The predicted molar refractivity (Wildman–Crippen MR) is 107 cm³/mol. The van der Waals surface area contributed by atoms with Crippen molar-refractivity contribution in [1.29, 1.82) is 0 Å². The molecule has 1 aliphatic rings. The molecule has 29 heavy (non-hydrogen) atoms. The highest BCUT2D eigenvalue weighted by Crippen LogP contribution is 2.31. The van der Waals surface area contributed by atoms with Gasteiger partial charge in [0.1, 0.15) is 12.3 Å². The van der Waals surface area contributed by atoms with E-state index in [4.69, 9.17) is 4.74 Å².